The molecule has 0 aromatic carbocycles. The third kappa shape index (κ3) is 6.50. The third-order valence-corrected chi connectivity index (χ3v) is 3.87. The molecular formula is C13H22N6O6S. The van der Waals surface area contributed by atoms with E-state index in [0.717, 1.165) is 0 Å². The first-order valence-corrected chi connectivity index (χ1v) is 8.89. The van der Waals surface area contributed by atoms with Gasteiger partial charge >= 0.3 is 12.0 Å². The smallest absolute Gasteiger partial charge is 0.328 e. The van der Waals surface area contributed by atoms with Crippen LogP contribution in [0.3, 0.4) is 0 Å². The lowest BCUT2D eigenvalue weighted by Gasteiger charge is -2.19. The number of nitrogens with one attached hydrogen (secondary N) is 2. The van der Waals surface area contributed by atoms with E-state index in [1.165, 1.54) is 18.7 Å². The van der Waals surface area contributed by atoms with Crippen LogP contribution in [-0.4, -0.2) is 62.4 Å². The minimum atomic E-state index is -1.54. The van der Waals surface area contributed by atoms with Crippen LogP contribution in [0.15, 0.2) is 4.52 Å². The summed E-state index contributed by atoms with van der Waals surface area (Å²) >= 11 is 1.48. The summed E-state index contributed by atoms with van der Waals surface area (Å²) in [6, 6.07) is -4.09. The van der Waals surface area contributed by atoms with Crippen LogP contribution in [0.4, 0.5) is 4.79 Å². The van der Waals surface area contributed by atoms with Crippen LogP contribution in [-0.2, 0) is 9.59 Å². The Kier molecular flexibility index (Phi) is 8.28. The van der Waals surface area contributed by atoms with E-state index in [1.807, 2.05) is 6.26 Å². The maximum absolute atomic E-state index is 12.0. The Hall–Kier alpha value is -2.38. The fraction of sp³-hybridized carbons (Fsp3) is 0.615. The van der Waals surface area contributed by atoms with E-state index in [9.17, 15) is 19.5 Å². The summed E-state index contributed by atoms with van der Waals surface area (Å²) in [7, 11) is 0. The van der Waals surface area contributed by atoms with Crippen molar-refractivity contribution in [3.8, 4) is 0 Å². The molecule has 8 N–H and O–H groups in total. The average Bonchev–Trinajstić information content (AvgIpc) is 3.01. The minimum Gasteiger partial charge on any atom is -0.480 e. The summed E-state index contributed by atoms with van der Waals surface area (Å²) < 4.78 is 5.03. The van der Waals surface area contributed by atoms with Crippen LogP contribution in [0.1, 0.15) is 37.1 Å². The Morgan fingerprint density at radius 1 is 1.35 bits per heavy atom. The first-order chi connectivity index (χ1) is 12.1. The number of carbonyl (C=O) groups is 3. The van der Waals surface area contributed by atoms with Crippen LogP contribution >= 0.6 is 11.8 Å². The largest absolute Gasteiger partial charge is 0.480 e. The molecule has 0 aliphatic rings. The van der Waals surface area contributed by atoms with E-state index in [1.54, 1.807) is 0 Å². The van der Waals surface area contributed by atoms with Crippen molar-refractivity contribution < 1.29 is 29.1 Å². The molecule has 3 amide bonds. The molecule has 12 nitrogen and oxygen atoms in total. The van der Waals surface area contributed by atoms with Crippen LogP contribution < -0.4 is 22.1 Å². The molecule has 0 aliphatic carbocycles. The number of hydrogen-bond donors (Lipinski definition) is 6. The van der Waals surface area contributed by atoms with Crippen molar-refractivity contribution in [2.75, 3.05) is 12.0 Å². The first-order valence-electron chi connectivity index (χ1n) is 7.49. The number of carboxylic acids is 1. The van der Waals surface area contributed by atoms with Crippen molar-refractivity contribution in [2.45, 2.75) is 37.6 Å². The number of carbonyl (C=O) groups excluding carboxylic acids is 2. The topological polar surface area (TPSA) is 207 Å². The number of urea groups is 1. The minimum absolute atomic E-state index is 0.102. The molecule has 26 heavy (non-hydrogen) atoms. The molecule has 1 rings (SSSR count). The van der Waals surface area contributed by atoms with Crippen molar-refractivity contribution in [3.05, 3.63) is 11.7 Å². The normalized spacial score (nSPS) is 15.5. The van der Waals surface area contributed by atoms with E-state index < -0.39 is 42.1 Å². The number of amides is 3. The van der Waals surface area contributed by atoms with Gasteiger partial charge in [-0.15, -0.1) is 0 Å². The summed E-state index contributed by atoms with van der Waals surface area (Å²) in [4.78, 5) is 38.3. The highest BCUT2D eigenvalue weighted by molar-refractivity contribution is 7.98. The van der Waals surface area contributed by atoms with Crippen molar-refractivity contribution >= 4 is 29.7 Å². The lowest BCUT2D eigenvalue weighted by molar-refractivity contribution is -0.141. The molecule has 146 valence electrons. The number of nitrogens with two attached hydrogens (primary N) is 2. The molecule has 4 atom stereocenters. The first kappa shape index (κ1) is 21.7. The van der Waals surface area contributed by atoms with Crippen LogP contribution in [0.5, 0.6) is 0 Å². The number of rotatable bonds is 10. The van der Waals surface area contributed by atoms with Crippen LogP contribution in [0.25, 0.3) is 0 Å². The van der Waals surface area contributed by atoms with E-state index in [4.69, 9.17) is 21.1 Å². The van der Waals surface area contributed by atoms with Gasteiger partial charge in [-0.1, -0.05) is 5.16 Å². The Bertz CT molecular complexity index is 638. The second-order valence-electron chi connectivity index (χ2n) is 5.45. The molecule has 1 aromatic rings. The van der Waals surface area contributed by atoms with Gasteiger partial charge in [0.05, 0.1) is 18.6 Å². The van der Waals surface area contributed by atoms with E-state index >= 15 is 0 Å². The number of aromatic nitrogens is 2. The molecule has 0 radical (unpaired) electrons. The number of hydrogen-bond acceptors (Lipinski definition) is 9. The maximum Gasteiger partial charge on any atom is 0.328 e. The third-order valence-electron chi connectivity index (χ3n) is 3.18. The summed E-state index contributed by atoms with van der Waals surface area (Å²) in [6.07, 6.45) is 0.149. The zero-order valence-electron chi connectivity index (χ0n) is 14.2. The maximum atomic E-state index is 12.0. The molecule has 13 heteroatoms. The van der Waals surface area contributed by atoms with Gasteiger partial charge in [0.2, 0.25) is 11.8 Å². The summed E-state index contributed by atoms with van der Waals surface area (Å²) in [6.45, 7) is 1.21. The second kappa shape index (κ2) is 9.94. The van der Waals surface area contributed by atoms with Gasteiger partial charge in [0, 0.05) is 5.75 Å². The zero-order valence-corrected chi connectivity index (χ0v) is 15.0. The van der Waals surface area contributed by atoms with Crippen LogP contribution in [0.2, 0.25) is 0 Å². The van der Waals surface area contributed by atoms with Gasteiger partial charge in [-0.2, -0.15) is 16.7 Å². The Labute approximate surface area is 153 Å². The summed E-state index contributed by atoms with van der Waals surface area (Å²) in [5.41, 5.74) is 11.0. The molecule has 0 aliphatic heterocycles. The average molecular weight is 390 g/mol. The van der Waals surface area contributed by atoms with Gasteiger partial charge in [0.15, 0.2) is 11.9 Å². The highest BCUT2D eigenvalue weighted by Crippen LogP contribution is 2.18. The van der Waals surface area contributed by atoms with Crippen molar-refractivity contribution in [1.29, 1.82) is 0 Å². The number of aliphatic hydroxyl groups excluding tert-OH is 1. The number of primary amides is 1. The quantitative estimate of drug-likeness (QED) is 0.272. The predicted molar refractivity (Wildman–Crippen MR) is 90.9 cm³/mol. The number of aliphatic carboxylic acids is 1. The highest BCUT2D eigenvalue weighted by atomic mass is 32.2. The Morgan fingerprint density at radius 2 is 2.00 bits per heavy atom. The fourth-order valence-corrected chi connectivity index (χ4v) is 2.43. The van der Waals surface area contributed by atoms with Gasteiger partial charge in [-0.3, -0.25) is 4.79 Å². The number of carboxylic acid groups (broad SMARTS) is 1. The van der Waals surface area contributed by atoms with E-state index in [0.29, 0.717) is 5.75 Å². The number of aliphatic hydroxyl groups is 1. The molecule has 0 saturated heterocycles. The van der Waals surface area contributed by atoms with Crippen LogP contribution in [0, 0.1) is 0 Å². The Balaban J connectivity index is 2.89. The number of nitrogens with zero attached hydrogens (tertiary/aromatic N) is 2. The second-order valence-corrected chi connectivity index (χ2v) is 6.36. The summed E-state index contributed by atoms with van der Waals surface area (Å²) in [5.74, 6) is -1.56. The monoisotopic (exact) mass is 390 g/mol. The fourth-order valence-electron chi connectivity index (χ4n) is 1.92. The highest BCUT2D eigenvalue weighted by Gasteiger charge is 2.29. The molecule has 0 spiro atoms. The molecule has 1 aromatic heterocycles. The van der Waals surface area contributed by atoms with E-state index in [2.05, 4.69) is 20.8 Å². The number of thioether (sulfide) groups is 1. The molecular weight excluding hydrogens is 368 g/mol. The van der Waals surface area contributed by atoms with Gasteiger partial charge in [0.1, 0.15) is 6.04 Å². The predicted octanol–water partition coefficient (Wildman–Crippen LogP) is -1.52. The molecule has 0 bridgehead atoms. The van der Waals surface area contributed by atoms with Gasteiger partial charge in [-0.05, 0) is 13.2 Å². The van der Waals surface area contributed by atoms with Crippen molar-refractivity contribution in [2.24, 2.45) is 11.5 Å². The van der Waals surface area contributed by atoms with E-state index in [-0.39, 0.29) is 18.1 Å². The van der Waals surface area contributed by atoms with Gasteiger partial charge < -0.3 is 36.8 Å². The standard InChI is InChI=1S/C13H22N6O6S/c1-5(20)9(12(22)23)17-13(24)16-7(3-8(15)21)11-18-10(19-25-11)6(14)4-26-2/h5-7,9,20H,3-4,14H2,1-2H3,(H2,15,21)(H,22,23)(H2,16,17,24)/t5?,6-,7-,9-/m0/s1. The molecule has 1 heterocycles. The van der Waals surface area contributed by atoms with Gasteiger partial charge in [0.25, 0.3) is 0 Å². The van der Waals surface area contributed by atoms with Gasteiger partial charge in [-0.25, -0.2) is 9.59 Å². The van der Waals surface area contributed by atoms with Crippen molar-refractivity contribution in [1.82, 2.24) is 20.8 Å². The lowest BCUT2D eigenvalue weighted by atomic mass is 10.2. The molecule has 1 unspecified atom stereocenters. The summed E-state index contributed by atoms with van der Waals surface area (Å²) in [5, 5.41) is 26.5. The zero-order chi connectivity index (χ0) is 19.9. The Morgan fingerprint density at radius 3 is 2.50 bits per heavy atom. The SMILES string of the molecule is CSC[C@H](N)c1noc([C@H](CC(N)=O)NC(=O)N[C@H](C(=O)O)C(C)O)n1. The van der Waals surface area contributed by atoms with Crippen molar-refractivity contribution in [3.63, 3.8) is 0 Å². The lowest BCUT2D eigenvalue weighted by Crippen LogP contribution is -2.52. The molecule has 0 fully saturated rings. The molecule has 0 saturated carbocycles.